The molecule has 1 aromatic heterocycles. The highest BCUT2D eigenvalue weighted by Gasteiger charge is 2.63. The van der Waals surface area contributed by atoms with E-state index in [1.54, 1.807) is 74.4 Å². The SMILES string of the molecule is CC(C)OP(=O)(OC(C)C)C(C)(Cc1ccnc(Cl)c1)P(=O)(OC(C)C)OC(C)C. The van der Waals surface area contributed by atoms with Crippen molar-refractivity contribution in [3.8, 4) is 0 Å². The highest BCUT2D eigenvalue weighted by atomic mass is 35.5. The van der Waals surface area contributed by atoms with Gasteiger partial charge in [0.2, 0.25) is 0 Å². The van der Waals surface area contributed by atoms with E-state index >= 15 is 0 Å². The fourth-order valence-electron chi connectivity index (χ4n) is 2.90. The van der Waals surface area contributed by atoms with Crippen LogP contribution in [-0.4, -0.2) is 34.3 Å². The first kappa shape index (κ1) is 27.8. The van der Waals surface area contributed by atoms with Crippen molar-refractivity contribution < 1.29 is 27.2 Å². The molecule has 0 aliphatic rings. The van der Waals surface area contributed by atoms with Gasteiger partial charge in [-0.25, -0.2) is 4.98 Å². The molecule has 0 aliphatic carbocycles. The Morgan fingerprint density at radius 2 is 1.23 bits per heavy atom. The van der Waals surface area contributed by atoms with Crippen molar-refractivity contribution in [1.29, 1.82) is 0 Å². The molecule has 1 heterocycles. The third-order valence-corrected chi connectivity index (χ3v) is 11.1. The second-order valence-corrected chi connectivity index (χ2v) is 14.0. The Labute approximate surface area is 186 Å². The van der Waals surface area contributed by atoms with Gasteiger partial charge in [0.15, 0.2) is 4.90 Å². The topological polar surface area (TPSA) is 84.0 Å². The Kier molecular flexibility index (Phi) is 10.2. The number of aromatic nitrogens is 1. The molecule has 7 nitrogen and oxygen atoms in total. The summed E-state index contributed by atoms with van der Waals surface area (Å²) in [6, 6.07) is 3.35. The quantitative estimate of drug-likeness (QED) is 0.232. The molecule has 0 unspecified atom stereocenters. The molecule has 0 aliphatic heterocycles. The van der Waals surface area contributed by atoms with E-state index in [-0.39, 0.29) is 11.6 Å². The number of pyridine rings is 1. The lowest BCUT2D eigenvalue weighted by molar-refractivity contribution is 0.111. The first-order valence-corrected chi connectivity index (χ1v) is 13.6. The molecule has 174 valence electrons. The Bertz CT molecular complexity index is 718. The summed E-state index contributed by atoms with van der Waals surface area (Å²) < 4.78 is 52.2. The molecule has 0 atom stereocenters. The Morgan fingerprint density at radius 1 is 0.867 bits per heavy atom. The summed E-state index contributed by atoms with van der Waals surface area (Å²) in [5.74, 6) is 0. The summed E-state index contributed by atoms with van der Waals surface area (Å²) in [7, 11) is -8.09. The van der Waals surface area contributed by atoms with Gasteiger partial charge in [-0.15, -0.1) is 0 Å². The lowest BCUT2D eigenvalue weighted by Gasteiger charge is -2.42. The van der Waals surface area contributed by atoms with Crippen molar-refractivity contribution >= 4 is 26.8 Å². The summed E-state index contributed by atoms with van der Waals surface area (Å²) in [6.45, 7) is 15.6. The smallest absolute Gasteiger partial charge is 0.305 e. The zero-order valence-electron chi connectivity index (χ0n) is 19.4. The van der Waals surface area contributed by atoms with Crippen molar-refractivity contribution in [2.24, 2.45) is 0 Å². The lowest BCUT2D eigenvalue weighted by atomic mass is 10.1. The molecule has 0 amide bonds. The van der Waals surface area contributed by atoms with Gasteiger partial charge in [0.25, 0.3) is 0 Å². The maximum absolute atomic E-state index is 14.3. The van der Waals surface area contributed by atoms with Crippen molar-refractivity contribution in [2.75, 3.05) is 0 Å². The molecule has 10 heteroatoms. The fraction of sp³-hybridized carbons (Fsp3) is 0.750. The molecule has 1 rings (SSSR count). The Hall–Kier alpha value is -0.260. The summed E-state index contributed by atoms with van der Waals surface area (Å²) >= 11 is 6.07. The van der Waals surface area contributed by atoms with E-state index in [1.165, 1.54) is 6.20 Å². The van der Waals surface area contributed by atoms with Gasteiger partial charge in [0.1, 0.15) is 5.15 Å². The molecule has 0 spiro atoms. The van der Waals surface area contributed by atoms with E-state index < -0.39 is 44.5 Å². The Balaban J connectivity index is 3.77. The number of hydrogen-bond acceptors (Lipinski definition) is 7. The molecule has 0 saturated heterocycles. The van der Waals surface area contributed by atoms with E-state index in [0.29, 0.717) is 5.56 Å². The van der Waals surface area contributed by atoms with Crippen LogP contribution in [0.2, 0.25) is 5.15 Å². The predicted molar refractivity (Wildman–Crippen MR) is 121 cm³/mol. The maximum atomic E-state index is 14.3. The molecule has 0 aromatic carbocycles. The molecule has 1 aromatic rings. The summed E-state index contributed by atoms with van der Waals surface area (Å²) in [6.07, 6.45) is -0.207. The normalized spacial score (nSPS) is 13.8. The van der Waals surface area contributed by atoms with E-state index in [2.05, 4.69) is 4.98 Å². The van der Waals surface area contributed by atoms with Gasteiger partial charge >= 0.3 is 15.2 Å². The van der Waals surface area contributed by atoms with Crippen LogP contribution in [0.5, 0.6) is 0 Å². The second-order valence-electron chi connectivity index (χ2n) is 8.49. The van der Waals surface area contributed by atoms with Crippen molar-refractivity contribution in [3.05, 3.63) is 29.0 Å². The number of nitrogens with zero attached hydrogens (tertiary/aromatic N) is 1. The minimum Gasteiger partial charge on any atom is -0.305 e. The highest BCUT2D eigenvalue weighted by molar-refractivity contribution is 7.74. The largest absolute Gasteiger partial charge is 0.349 e. The van der Waals surface area contributed by atoms with Gasteiger partial charge in [0, 0.05) is 12.6 Å². The van der Waals surface area contributed by atoms with Gasteiger partial charge in [-0.2, -0.15) is 0 Å². The maximum Gasteiger partial charge on any atom is 0.349 e. The van der Waals surface area contributed by atoms with Crippen LogP contribution in [0.25, 0.3) is 0 Å². The number of hydrogen-bond donors (Lipinski definition) is 0. The number of halogens is 1. The third kappa shape index (κ3) is 7.13. The van der Waals surface area contributed by atoms with Crippen LogP contribution in [0.4, 0.5) is 0 Å². The summed E-state index contributed by atoms with van der Waals surface area (Å²) in [4.78, 5) is 2.36. The fourth-order valence-corrected chi connectivity index (χ4v) is 8.84. The van der Waals surface area contributed by atoms with E-state index in [0.717, 1.165) is 0 Å². The van der Waals surface area contributed by atoms with Gasteiger partial charge in [0.05, 0.1) is 24.4 Å². The van der Waals surface area contributed by atoms with Gasteiger partial charge in [-0.1, -0.05) is 11.6 Å². The summed E-state index contributed by atoms with van der Waals surface area (Å²) in [5.41, 5.74) is 0.664. The van der Waals surface area contributed by atoms with Crippen LogP contribution in [0.1, 0.15) is 67.9 Å². The second kappa shape index (κ2) is 11.0. The number of rotatable bonds is 12. The average Bonchev–Trinajstić information content (AvgIpc) is 2.51. The molecular weight excluding hydrogens is 448 g/mol. The van der Waals surface area contributed by atoms with E-state index in [1.807, 2.05) is 0 Å². The first-order valence-electron chi connectivity index (χ1n) is 10.2. The molecule has 0 N–H and O–H groups in total. The van der Waals surface area contributed by atoms with Crippen LogP contribution in [-0.2, 0) is 33.6 Å². The van der Waals surface area contributed by atoms with E-state index in [4.69, 9.17) is 29.7 Å². The highest BCUT2D eigenvalue weighted by Crippen LogP contribution is 2.79. The predicted octanol–water partition coefficient (Wildman–Crippen LogP) is 7.08. The van der Waals surface area contributed by atoms with Crippen molar-refractivity contribution in [1.82, 2.24) is 4.98 Å². The van der Waals surface area contributed by atoms with Gasteiger partial charge in [-0.3, -0.25) is 9.13 Å². The standard InChI is InChI=1S/C20H36ClNO6P2/c1-14(2)25-29(23,26-15(3)4)20(9,13-18-10-11-22-19(21)12-18)30(24,27-16(5)6)28-17(7)8/h10-12,14-17H,13H2,1-9H3. The zero-order chi connectivity index (χ0) is 23.3. The van der Waals surface area contributed by atoms with Crippen LogP contribution in [0.3, 0.4) is 0 Å². The minimum absolute atomic E-state index is 0.0304. The van der Waals surface area contributed by atoms with Crippen molar-refractivity contribution in [2.45, 2.75) is 98.0 Å². The van der Waals surface area contributed by atoms with Gasteiger partial charge in [-0.05, 0) is 80.0 Å². The molecule has 0 saturated carbocycles. The average molecular weight is 484 g/mol. The van der Waals surface area contributed by atoms with Crippen LogP contribution in [0, 0.1) is 0 Å². The molecule has 30 heavy (non-hydrogen) atoms. The van der Waals surface area contributed by atoms with Crippen molar-refractivity contribution in [3.63, 3.8) is 0 Å². The van der Waals surface area contributed by atoms with E-state index in [9.17, 15) is 9.13 Å². The molecule has 0 bridgehead atoms. The molecule has 0 radical (unpaired) electrons. The molecular formula is C20H36ClNO6P2. The Morgan fingerprint density at radius 3 is 1.53 bits per heavy atom. The summed E-state index contributed by atoms with van der Waals surface area (Å²) in [5, 5.41) is 0.267. The van der Waals surface area contributed by atoms with Crippen LogP contribution in [0.15, 0.2) is 18.3 Å². The zero-order valence-corrected chi connectivity index (χ0v) is 22.0. The lowest BCUT2D eigenvalue weighted by Crippen LogP contribution is -2.35. The first-order chi connectivity index (χ1) is 13.6. The van der Waals surface area contributed by atoms with Gasteiger partial charge < -0.3 is 18.1 Å². The molecule has 0 fully saturated rings. The minimum atomic E-state index is -4.04. The third-order valence-electron chi connectivity index (χ3n) is 3.91. The van der Waals surface area contributed by atoms with Crippen LogP contribution < -0.4 is 0 Å². The van der Waals surface area contributed by atoms with Crippen LogP contribution >= 0.6 is 26.8 Å². The monoisotopic (exact) mass is 483 g/mol.